The Morgan fingerprint density at radius 1 is 1.18 bits per heavy atom. The molecule has 0 unspecified atom stereocenters. The average molecular weight is 391 g/mol. The summed E-state index contributed by atoms with van der Waals surface area (Å²) in [6, 6.07) is 8.73. The van der Waals surface area contributed by atoms with Gasteiger partial charge in [-0.2, -0.15) is 5.10 Å². The molecule has 0 atom stereocenters. The molecule has 4 aromatic rings. The van der Waals surface area contributed by atoms with Gasteiger partial charge in [-0.3, -0.25) is 4.68 Å². The molecule has 0 bridgehead atoms. The molecule has 5 rings (SSSR count). The molecule has 0 spiro atoms. The van der Waals surface area contributed by atoms with Gasteiger partial charge in [0.15, 0.2) is 0 Å². The highest BCUT2D eigenvalue weighted by Gasteiger charge is 2.17. The van der Waals surface area contributed by atoms with Crippen LogP contribution in [0.2, 0.25) is 0 Å². The molecule has 1 saturated heterocycles. The number of nitrogen functional groups attached to an aromatic ring is 1. The minimum absolute atomic E-state index is 0.462. The van der Waals surface area contributed by atoms with Crippen molar-refractivity contribution in [1.82, 2.24) is 25.1 Å². The second-order valence-electron chi connectivity index (χ2n) is 7.29. The van der Waals surface area contributed by atoms with E-state index in [2.05, 4.69) is 45.3 Å². The van der Waals surface area contributed by atoms with Crippen molar-refractivity contribution in [3.63, 3.8) is 0 Å². The molecular formula is C21H22N6S. The lowest BCUT2D eigenvalue weighted by atomic mass is 10.1. The third-order valence-electron chi connectivity index (χ3n) is 5.38. The van der Waals surface area contributed by atoms with Crippen LogP contribution in [-0.4, -0.2) is 32.8 Å². The molecule has 6 nitrogen and oxygen atoms in total. The number of hydrogen-bond donors (Lipinski definition) is 2. The lowest BCUT2D eigenvalue weighted by molar-refractivity contribution is 0.343. The first-order valence-corrected chi connectivity index (χ1v) is 10.4. The van der Waals surface area contributed by atoms with E-state index in [1.165, 1.54) is 10.3 Å². The van der Waals surface area contributed by atoms with Crippen molar-refractivity contribution in [2.24, 2.45) is 0 Å². The van der Waals surface area contributed by atoms with Crippen molar-refractivity contribution >= 4 is 27.4 Å². The standard InChI is InChI=1S/C21H22N6S/c1-13-3-2-4-18-19(13)28-21(26-18)17-9-14(10-24-20(17)22)15-11-25-27(12-15)16-5-7-23-8-6-16/h2-4,9-12,16,23H,5-8H2,1H3,(H2,22,24). The summed E-state index contributed by atoms with van der Waals surface area (Å²) in [5, 5.41) is 8.91. The van der Waals surface area contributed by atoms with Crippen LogP contribution >= 0.6 is 11.3 Å². The van der Waals surface area contributed by atoms with E-state index in [0.717, 1.165) is 53.1 Å². The van der Waals surface area contributed by atoms with Gasteiger partial charge in [0, 0.05) is 23.5 Å². The number of nitrogens with two attached hydrogens (primary N) is 1. The molecule has 0 aliphatic carbocycles. The second-order valence-corrected chi connectivity index (χ2v) is 8.29. The van der Waals surface area contributed by atoms with Gasteiger partial charge in [-0.1, -0.05) is 12.1 Å². The van der Waals surface area contributed by atoms with E-state index in [9.17, 15) is 0 Å². The molecule has 1 aliphatic rings. The zero-order valence-electron chi connectivity index (χ0n) is 15.7. The number of fused-ring (bicyclic) bond motifs is 1. The van der Waals surface area contributed by atoms with Gasteiger partial charge in [0.05, 0.1) is 28.0 Å². The smallest absolute Gasteiger partial charge is 0.133 e. The number of nitrogens with zero attached hydrogens (tertiary/aromatic N) is 4. The molecule has 142 valence electrons. The number of anilines is 1. The van der Waals surface area contributed by atoms with Crippen LogP contribution in [0.25, 0.3) is 31.9 Å². The molecular weight excluding hydrogens is 368 g/mol. The van der Waals surface area contributed by atoms with Crippen molar-refractivity contribution in [2.45, 2.75) is 25.8 Å². The van der Waals surface area contributed by atoms with E-state index in [4.69, 9.17) is 10.7 Å². The van der Waals surface area contributed by atoms with Crippen molar-refractivity contribution in [3.05, 3.63) is 48.4 Å². The van der Waals surface area contributed by atoms with Crippen molar-refractivity contribution in [3.8, 4) is 21.7 Å². The summed E-state index contributed by atoms with van der Waals surface area (Å²) in [6.45, 7) is 4.20. The number of nitrogens with one attached hydrogen (secondary N) is 1. The topological polar surface area (TPSA) is 81.7 Å². The highest BCUT2D eigenvalue weighted by molar-refractivity contribution is 7.21. The number of hydrogen-bond acceptors (Lipinski definition) is 6. The molecule has 0 amide bonds. The zero-order chi connectivity index (χ0) is 19.1. The van der Waals surface area contributed by atoms with Crippen LogP contribution in [0, 0.1) is 6.92 Å². The van der Waals surface area contributed by atoms with Gasteiger partial charge < -0.3 is 11.1 Å². The van der Waals surface area contributed by atoms with Crippen molar-refractivity contribution in [2.75, 3.05) is 18.8 Å². The van der Waals surface area contributed by atoms with Gasteiger partial charge in [-0.25, -0.2) is 9.97 Å². The molecule has 0 saturated carbocycles. The number of piperidine rings is 1. The van der Waals surface area contributed by atoms with Crippen LogP contribution in [0.15, 0.2) is 42.9 Å². The summed E-state index contributed by atoms with van der Waals surface area (Å²) in [4.78, 5) is 9.23. The summed E-state index contributed by atoms with van der Waals surface area (Å²) in [7, 11) is 0. The van der Waals surface area contributed by atoms with Crippen LogP contribution in [0.1, 0.15) is 24.4 Å². The Balaban J connectivity index is 1.52. The number of aromatic nitrogens is 4. The van der Waals surface area contributed by atoms with Crippen LogP contribution in [0.3, 0.4) is 0 Å². The molecule has 4 heterocycles. The molecule has 7 heteroatoms. The first-order chi connectivity index (χ1) is 13.7. The summed E-state index contributed by atoms with van der Waals surface area (Å²) in [6.07, 6.45) is 8.08. The lowest BCUT2D eigenvalue weighted by Crippen LogP contribution is -2.29. The monoisotopic (exact) mass is 390 g/mol. The van der Waals surface area contributed by atoms with E-state index in [0.29, 0.717) is 11.9 Å². The Kier molecular flexibility index (Phi) is 4.33. The zero-order valence-corrected chi connectivity index (χ0v) is 16.5. The number of benzene rings is 1. The number of aryl methyl sites for hydroxylation is 1. The Hall–Kier alpha value is -2.77. The maximum Gasteiger partial charge on any atom is 0.133 e. The van der Waals surface area contributed by atoms with E-state index in [1.54, 1.807) is 11.3 Å². The highest BCUT2D eigenvalue weighted by Crippen LogP contribution is 2.36. The van der Waals surface area contributed by atoms with Crippen LogP contribution in [-0.2, 0) is 0 Å². The number of pyridine rings is 1. The fourth-order valence-electron chi connectivity index (χ4n) is 3.76. The Morgan fingerprint density at radius 3 is 2.86 bits per heavy atom. The molecule has 28 heavy (non-hydrogen) atoms. The summed E-state index contributed by atoms with van der Waals surface area (Å²) >= 11 is 1.66. The van der Waals surface area contributed by atoms with Gasteiger partial charge in [-0.05, 0) is 50.6 Å². The SMILES string of the molecule is Cc1cccc2nc(-c3cc(-c4cnn(C5CCNCC5)c4)cnc3N)sc12. The van der Waals surface area contributed by atoms with Crippen LogP contribution in [0.4, 0.5) is 5.82 Å². The average Bonchev–Trinajstić information content (AvgIpc) is 3.37. The van der Waals surface area contributed by atoms with Crippen LogP contribution < -0.4 is 11.1 Å². The minimum Gasteiger partial charge on any atom is -0.383 e. The first-order valence-electron chi connectivity index (χ1n) is 9.56. The Labute approximate surface area is 167 Å². The maximum atomic E-state index is 6.21. The Morgan fingerprint density at radius 2 is 2.04 bits per heavy atom. The molecule has 1 aliphatic heterocycles. The van der Waals surface area contributed by atoms with Gasteiger partial charge in [0.1, 0.15) is 10.8 Å². The fraction of sp³-hybridized carbons (Fsp3) is 0.286. The van der Waals surface area contributed by atoms with E-state index < -0.39 is 0 Å². The van der Waals surface area contributed by atoms with E-state index in [-0.39, 0.29) is 0 Å². The molecule has 0 radical (unpaired) electrons. The molecule has 1 fully saturated rings. The quantitative estimate of drug-likeness (QED) is 0.552. The van der Waals surface area contributed by atoms with Gasteiger partial charge in [0.25, 0.3) is 0 Å². The summed E-state index contributed by atoms with van der Waals surface area (Å²) in [5.74, 6) is 0.506. The molecule has 3 aromatic heterocycles. The third-order valence-corrected chi connectivity index (χ3v) is 6.62. The van der Waals surface area contributed by atoms with Gasteiger partial charge in [0.2, 0.25) is 0 Å². The lowest BCUT2D eigenvalue weighted by Gasteiger charge is -2.22. The molecule has 3 N–H and O–H groups in total. The number of thiazole rings is 1. The third kappa shape index (κ3) is 3.06. The number of rotatable bonds is 3. The predicted molar refractivity (Wildman–Crippen MR) is 114 cm³/mol. The predicted octanol–water partition coefficient (Wildman–Crippen LogP) is 4.04. The normalized spacial score (nSPS) is 15.3. The van der Waals surface area contributed by atoms with Crippen molar-refractivity contribution in [1.29, 1.82) is 0 Å². The minimum atomic E-state index is 0.462. The Bertz CT molecular complexity index is 1140. The van der Waals surface area contributed by atoms with Crippen molar-refractivity contribution < 1.29 is 0 Å². The first kappa shape index (κ1) is 17.3. The largest absolute Gasteiger partial charge is 0.383 e. The highest BCUT2D eigenvalue weighted by atomic mass is 32.1. The summed E-state index contributed by atoms with van der Waals surface area (Å²) < 4.78 is 3.29. The molecule has 1 aromatic carbocycles. The van der Waals surface area contributed by atoms with E-state index in [1.807, 2.05) is 24.5 Å². The van der Waals surface area contributed by atoms with E-state index >= 15 is 0 Å². The van der Waals surface area contributed by atoms with Gasteiger partial charge in [-0.15, -0.1) is 11.3 Å². The van der Waals surface area contributed by atoms with Gasteiger partial charge >= 0.3 is 0 Å². The summed E-state index contributed by atoms with van der Waals surface area (Å²) in [5.41, 5.74) is 11.4. The second kappa shape index (κ2) is 7.00. The maximum absolute atomic E-state index is 6.21. The fourth-order valence-corrected chi connectivity index (χ4v) is 4.82. The van der Waals surface area contributed by atoms with Crippen LogP contribution in [0.5, 0.6) is 0 Å².